The van der Waals surface area contributed by atoms with Crippen LogP contribution in [0.3, 0.4) is 0 Å². The maximum Gasteiger partial charge on any atom is 0.336 e. The lowest BCUT2D eigenvalue weighted by molar-refractivity contribution is -0.116. The molecule has 2 aromatic heterocycles. The van der Waals surface area contributed by atoms with E-state index in [1.54, 1.807) is 36.6 Å². The minimum Gasteiger partial charge on any atom is -0.423 e. The molecule has 7 heteroatoms. The van der Waals surface area contributed by atoms with Crippen LogP contribution in [0.15, 0.2) is 49.7 Å². The van der Waals surface area contributed by atoms with E-state index in [2.05, 4.69) is 5.32 Å². The highest BCUT2D eigenvalue weighted by molar-refractivity contribution is 7.07. The molecule has 1 N–H and O–H groups in total. The summed E-state index contributed by atoms with van der Waals surface area (Å²) in [7, 11) is 0. The molecule has 1 aromatic carbocycles. The van der Waals surface area contributed by atoms with Crippen LogP contribution in [-0.2, 0) is 11.3 Å². The highest BCUT2D eigenvalue weighted by Crippen LogP contribution is 2.17. The second kappa shape index (κ2) is 5.61. The summed E-state index contributed by atoms with van der Waals surface area (Å²) in [6, 6.07) is 7.92. The molecule has 0 aliphatic heterocycles. The summed E-state index contributed by atoms with van der Waals surface area (Å²) >= 11 is 1.07. The van der Waals surface area contributed by atoms with Crippen LogP contribution in [0, 0.1) is 6.92 Å². The van der Waals surface area contributed by atoms with E-state index >= 15 is 0 Å². The number of rotatable bonds is 3. The molecule has 0 spiro atoms. The largest absolute Gasteiger partial charge is 0.423 e. The lowest BCUT2D eigenvalue weighted by Crippen LogP contribution is -2.25. The summed E-state index contributed by atoms with van der Waals surface area (Å²) in [5.74, 6) is -0.291. The molecule has 0 fully saturated rings. The van der Waals surface area contributed by atoms with Crippen molar-refractivity contribution in [2.24, 2.45) is 0 Å². The third-order valence-corrected chi connectivity index (χ3v) is 4.06. The number of fused-ring (bicyclic) bond motifs is 1. The zero-order valence-electron chi connectivity index (χ0n) is 11.7. The van der Waals surface area contributed by atoms with Crippen LogP contribution in [-0.4, -0.2) is 10.5 Å². The fourth-order valence-corrected chi connectivity index (χ4v) is 2.82. The zero-order chi connectivity index (χ0) is 15.7. The Morgan fingerprint density at radius 3 is 2.82 bits per heavy atom. The molecule has 0 aliphatic rings. The first kappa shape index (κ1) is 14.3. The first-order chi connectivity index (χ1) is 10.5. The van der Waals surface area contributed by atoms with Gasteiger partial charge in [0.25, 0.3) is 0 Å². The minimum absolute atomic E-state index is 0.0317. The molecule has 3 aromatic rings. The van der Waals surface area contributed by atoms with Crippen LogP contribution in [0.1, 0.15) is 5.69 Å². The number of aryl methyl sites for hydroxylation is 1. The molecule has 0 saturated heterocycles. The number of carbonyl (C=O) groups excluding carboxylic acids is 1. The van der Waals surface area contributed by atoms with Gasteiger partial charge in [-0.2, -0.15) is 0 Å². The third-order valence-electron chi connectivity index (χ3n) is 3.18. The Morgan fingerprint density at radius 2 is 2.09 bits per heavy atom. The summed E-state index contributed by atoms with van der Waals surface area (Å²) in [4.78, 5) is 34.6. The van der Waals surface area contributed by atoms with E-state index in [4.69, 9.17) is 4.42 Å². The predicted molar refractivity (Wildman–Crippen MR) is 84.4 cm³/mol. The van der Waals surface area contributed by atoms with Gasteiger partial charge in [-0.15, -0.1) is 0 Å². The summed E-state index contributed by atoms with van der Waals surface area (Å²) in [6.45, 7) is 1.75. The molecule has 0 bridgehead atoms. The van der Waals surface area contributed by atoms with E-state index in [0.717, 1.165) is 17.0 Å². The molecule has 0 saturated carbocycles. The van der Waals surface area contributed by atoms with Gasteiger partial charge in [0.05, 0.1) is 0 Å². The number of benzene rings is 1. The Hall–Kier alpha value is -2.67. The van der Waals surface area contributed by atoms with Crippen molar-refractivity contribution in [3.05, 3.63) is 61.5 Å². The van der Waals surface area contributed by atoms with Crippen LogP contribution in [0.25, 0.3) is 11.0 Å². The standard InChI is InChI=1S/C15H12N2O4S/c1-9-8-22-15(20)17(9)7-13(18)16-11-3-4-12-10(6-11)2-5-14(19)21-12/h2-6,8H,7H2,1H3,(H,16,18). The van der Waals surface area contributed by atoms with E-state index in [1.807, 2.05) is 0 Å². The van der Waals surface area contributed by atoms with Crippen LogP contribution >= 0.6 is 11.3 Å². The maximum atomic E-state index is 12.0. The quantitative estimate of drug-likeness (QED) is 0.749. The van der Waals surface area contributed by atoms with Crippen molar-refractivity contribution in [1.29, 1.82) is 0 Å². The van der Waals surface area contributed by atoms with Gasteiger partial charge in [-0.3, -0.25) is 14.2 Å². The number of hydrogen-bond acceptors (Lipinski definition) is 5. The highest BCUT2D eigenvalue weighted by atomic mass is 32.1. The molecule has 112 valence electrons. The number of anilines is 1. The first-order valence-electron chi connectivity index (χ1n) is 6.51. The zero-order valence-corrected chi connectivity index (χ0v) is 12.5. The van der Waals surface area contributed by atoms with Gasteiger partial charge >= 0.3 is 10.5 Å². The Morgan fingerprint density at radius 1 is 1.27 bits per heavy atom. The Labute approximate surface area is 128 Å². The van der Waals surface area contributed by atoms with E-state index < -0.39 is 5.63 Å². The first-order valence-corrected chi connectivity index (χ1v) is 7.39. The van der Waals surface area contributed by atoms with Crippen LogP contribution < -0.4 is 15.8 Å². The third kappa shape index (κ3) is 2.84. The second-order valence-electron chi connectivity index (χ2n) is 4.78. The SMILES string of the molecule is Cc1csc(=O)n1CC(=O)Nc1ccc2oc(=O)ccc2c1. The van der Waals surface area contributed by atoms with Crippen molar-refractivity contribution in [3.63, 3.8) is 0 Å². The van der Waals surface area contributed by atoms with E-state index in [9.17, 15) is 14.4 Å². The molecular formula is C15H12N2O4S. The number of amides is 1. The van der Waals surface area contributed by atoms with E-state index in [-0.39, 0.29) is 17.3 Å². The topological polar surface area (TPSA) is 81.3 Å². The summed E-state index contributed by atoms with van der Waals surface area (Å²) in [6.07, 6.45) is 0. The van der Waals surface area contributed by atoms with Gasteiger partial charge in [0.15, 0.2) is 0 Å². The van der Waals surface area contributed by atoms with Gasteiger partial charge < -0.3 is 9.73 Å². The molecule has 0 unspecified atom stereocenters. The highest BCUT2D eigenvalue weighted by Gasteiger charge is 2.09. The van der Waals surface area contributed by atoms with E-state index in [1.165, 1.54) is 10.6 Å². The van der Waals surface area contributed by atoms with Crippen molar-refractivity contribution in [1.82, 2.24) is 4.57 Å². The summed E-state index contributed by atoms with van der Waals surface area (Å²) in [5, 5.41) is 5.15. The average molecular weight is 316 g/mol. The number of aromatic nitrogens is 1. The fraction of sp³-hybridized carbons (Fsp3) is 0.133. The Kier molecular flexibility index (Phi) is 3.64. The Bertz CT molecular complexity index is 967. The van der Waals surface area contributed by atoms with Crippen molar-refractivity contribution >= 4 is 33.9 Å². The van der Waals surface area contributed by atoms with Gasteiger partial charge in [0.2, 0.25) is 5.91 Å². The van der Waals surface area contributed by atoms with Gasteiger partial charge in [-0.25, -0.2) is 4.79 Å². The molecule has 0 aliphatic carbocycles. The monoisotopic (exact) mass is 316 g/mol. The fourth-order valence-electron chi connectivity index (χ4n) is 2.09. The predicted octanol–water partition coefficient (Wildman–Crippen LogP) is 1.96. The molecule has 0 atom stereocenters. The number of thiazole rings is 1. The van der Waals surface area contributed by atoms with Crippen LogP contribution in [0.2, 0.25) is 0 Å². The second-order valence-corrected chi connectivity index (χ2v) is 5.60. The number of nitrogens with zero attached hydrogens (tertiary/aromatic N) is 1. The summed E-state index contributed by atoms with van der Waals surface area (Å²) in [5.41, 5.74) is 1.37. The normalized spacial score (nSPS) is 10.8. The summed E-state index contributed by atoms with van der Waals surface area (Å²) < 4.78 is 6.44. The molecule has 3 rings (SSSR count). The van der Waals surface area contributed by atoms with Crippen molar-refractivity contribution in [3.8, 4) is 0 Å². The van der Waals surface area contributed by atoms with Crippen molar-refractivity contribution in [2.75, 3.05) is 5.32 Å². The molecule has 1 amide bonds. The lowest BCUT2D eigenvalue weighted by Gasteiger charge is -2.07. The molecule has 0 radical (unpaired) electrons. The van der Waals surface area contributed by atoms with Gasteiger partial charge in [-0.1, -0.05) is 11.3 Å². The van der Waals surface area contributed by atoms with Gasteiger partial charge in [0, 0.05) is 28.2 Å². The average Bonchev–Trinajstić information content (AvgIpc) is 2.79. The number of carbonyl (C=O) groups is 1. The number of nitrogens with one attached hydrogen (secondary N) is 1. The smallest absolute Gasteiger partial charge is 0.336 e. The molecule has 2 heterocycles. The van der Waals surface area contributed by atoms with E-state index in [0.29, 0.717) is 16.7 Å². The Balaban J connectivity index is 1.81. The molecule has 22 heavy (non-hydrogen) atoms. The van der Waals surface area contributed by atoms with Gasteiger partial charge in [0.1, 0.15) is 12.1 Å². The van der Waals surface area contributed by atoms with Crippen molar-refractivity contribution < 1.29 is 9.21 Å². The molecule has 6 nitrogen and oxygen atoms in total. The molecular weight excluding hydrogens is 304 g/mol. The van der Waals surface area contributed by atoms with Gasteiger partial charge in [-0.05, 0) is 31.2 Å². The van der Waals surface area contributed by atoms with Crippen LogP contribution in [0.5, 0.6) is 0 Å². The minimum atomic E-state index is -0.420. The number of hydrogen-bond donors (Lipinski definition) is 1. The maximum absolute atomic E-state index is 12.0. The lowest BCUT2D eigenvalue weighted by atomic mass is 10.2. The van der Waals surface area contributed by atoms with Crippen LogP contribution in [0.4, 0.5) is 5.69 Å². The van der Waals surface area contributed by atoms with Crippen molar-refractivity contribution in [2.45, 2.75) is 13.5 Å².